The van der Waals surface area contributed by atoms with Crippen LogP contribution in [-0.2, 0) is 11.2 Å². The predicted molar refractivity (Wildman–Crippen MR) is 135 cm³/mol. The second-order valence-electron chi connectivity index (χ2n) is 9.79. The standard InChI is InChI=1S/C28H31N5O/c34-28(31-17-12-22(13-18-31)19-21-7-2-1-3-8-21)23-9-5-15-32(20-23)27-25-11-6-16-33(25)24-10-4-14-29-26(24)30-27/h1-4,6-8,10-11,14,16,22-23H,5,9,12-13,15,17-20H2/t23-/m0/s1. The Morgan fingerprint density at radius 2 is 1.74 bits per heavy atom. The number of likely N-dealkylation sites (tertiary alicyclic amines) is 1. The van der Waals surface area contributed by atoms with E-state index in [4.69, 9.17) is 4.98 Å². The lowest BCUT2D eigenvalue weighted by molar-refractivity contribution is -0.137. The van der Waals surface area contributed by atoms with Crippen molar-refractivity contribution in [1.29, 1.82) is 0 Å². The lowest BCUT2D eigenvalue weighted by Crippen LogP contribution is -2.47. The molecule has 0 N–H and O–H groups in total. The van der Waals surface area contributed by atoms with Crippen molar-refractivity contribution in [3.63, 3.8) is 0 Å². The van der Waals surface area contributed by atoms with Crippen LogP contribution in [0.4, 0.5) is 5.82 Å². The zero-order valence-electron chi connectivity index (χ0n) is 19.5. The normalized spacial score (nSPS) is 19.7. The Hall–Kier alpha value is -3.41. The Morgan fingerprint density at radius 1 is 0.912 bits per heavy atom. The minimum absolute atomic E-state index is 0.0377. The van der Waals surface area contributed by atoms with E-state index in [1.807, 2.05) is 6.07 Å². The molecule has 0 aliphatic carbocycles. The Bertz CT molecular complexity index is 1290. The molecule has 6 nitrogen and oxygen atoms in total. The molecule has 2 fully saturated rings. The second kappa shape index (κ2) is 9.09. The van der Waals surface area contributed by atoms with E-state index in [1.165, 1.54) is 5.56 Å². The van der Waals surface area contributed by atoms with E-state index in [-0.39, 0.29) is 5.92 Å². The molecule has 6 rings (SSSR count). The van der Waals surface area contributed by atoms with Gasteiger partial charge in [-0.1, -0.05) is 30.3 Å². The first kappa shape index (κ1) is 21.1. The molecule has 2 aliphatic heterocycles. The van der Waals surface area contributed by atoms with Gasteiger partial charge in [0, 0.05) is 38.6 Å². The third-order valence-electron chi connectivity index (χ3n) is 7.58. The van der Waals surface area contributed by atoms with E-state index >= 15 is 0 Å². The van der Waals surface area contributed by atoms with Crippen LogP contribution in [0.25, 0.3) is 16.7 Å². The molecule has 0 radical (unpaired) electrons. The monoisotopic (exact) mass is 453 g/mol. The minimum atomic E-state index is 0.0377. The van der Waals surface area contributed by atoms with Gasteiger partial charge in [0.1, 0.15) is 0 Å². The third-order valence-corrected chi connectivity index (χ3v) is 7.58. The largest absolute Gasteiger partial charge is 0.354 e. The molecule has 4 aromatic rings. The van der Waals surface area contributed by atoms with Gasteiger partial charge in [-0.2, -0.15) is 0 Å². The van der Waals surface area contributed by atoms with Gasteiger partial charge < -0.3 is 14.2 Å². The average molecular weight is 454 g/mol. The molecule has 5 heterocycles. The van der Waals surface area contributed by atoms with Crippen LogP contribution in [0.1, 0.15) is 31.2 Å². The van der Waals surface area contributed by atoms with Crippen molar-refractivity contribution < 1.29 is 4.79 Å². The van der Waals surface area contributed by atoms with Crippen molar-refractivity contribution in [3.05, 3.63) is 72.6 Å². The number of carbonyl (C=O) groups excluding carboxylic acids is 1. The number of fused-ring (bicyclic) bond motifs is 3. The quantitative estimate of drug-likeness (QED) is 0.454. The Kier molecular flexibility index (Phi) is 5.65. The highest BCUT2D eigenvalue weighted by Crippen LogP contribution is 2.30. The first-order valence-electron chi connectivity index (χ1n) is 12.6. The summed E-state index contributed by atoms with van der Waals surface area (Å²) in [5.74, 6) is 1.98. The summed E-state index contributed by atoms with van der Waals surface area (Å²) in [6, 6.07) is 18.9. The van der Waals surface area contributed by atoms with Gasteiger partial charge in [0.25, 0.3) is 0 Å². The van der Waals surface area contributed by atoms with E-state index in [0.717, 1.165) is 80.8 Å². The van der Waals surface area contributed by atoms with Crippen LogP contribution >= 0.6 is 0 Å². The molecule has 0 spiro atoms. The Labute approximate surface area is 200 Å². The number of nitrogens with zero attached hydrogens (tertiary/aromatic N) is 5. The number of aromatic nitrogens is 3. The van der Waals surface area contributed by atoms with Gasteiger partial charge in [0.05, 0.1) is 17.0 Å². The maximum atomic E-state index is 13.5. The van der Waals surface area contributed by atoms with Crippen LogP contribution in [0, 0.1) is 11.8 Å². The van der Waals surface area contributed by atoms with Crippen LogP contribution in [0.2, 0.25) is 0 Å². The van der Waals surface area contributed by atoms with E-state index in [9.17, 15) is 4.79 Å². The molecule has 6 heteroatoms. The van der Waals surface area contributed by atoms with E-state index in [0.29, 0.717) is 11.8 Å². The summed E-state index contributed by atoms with van der Waals surface area (Å²) in [6.07, 6.45) is 9.14. The van der Waals surface area contributed by atoms with Gasteiger partial charge in [0.2, 0.25) is 5.91 Å². The van der Waals surface area contributed by atoms with E-state index in [1.54, 1.807) is 6.20 Å². The van der Waals surface area contributed by atoms with Crippen molar-refractivity contribution >= 4 is 28.4 Å². The number of amides is 1. The summed E-state index contributed by atoms with van der Waals surface area (Å²) in [5.41, 5.74) is 4.24. The number of benzene rings is 1. The molecule has 34 heavy (non-hydrogen) atoms. The van der Waals surface area contributed by atoms with Crippen molar-refractivity contribution in [1.82, 2.24) is 19.3 Å². The zero-order chi connectivity index (χ0) is 22.9. The fraction of sp³-hybridized carbons (Fsp3) is 0.393. The molecule has 0 saturated carbocycles. The molecule has 174 valence electrons. The Morgan fingerprint density at radius 3 is 2.59 bits per heavy atom. The Balaban J connectivity index is 1.15. The van der Waals surface area contributed by atoms with Crippen LogP contribution in [0.15, 0.2) is 67.0 Å². The summed E-state index contributed by atoms with van der Waals surface area (Å²) >= 11 is 0. The maximum Gasteiger partial charge on any atom is 0.227 e. The highest BCUT2D eigenvalue weighted by molar-refractivity contribution is 5.84. The molecule has 1 atom stereocenters. The van der Waals surface area contributed by atoms with Gasteiger partial charge in [-0.25, -0.2) is 9.97 Å². The maximum absolute atomic E-state index is 13.5. The van der Waals surface area contributed by atoms with Gasteiger partial charge in [-0.3, -0.25) is 4.79 Å². The number of carbonyl (C=O) groups is 1. The van der Waals surface area contributed by atoms with Gasteiger partial charge >= 0.3 is 0 Å². The average Bonchev–Trinajstić information content (AvgIpc) is 3.39. The van der Waals surface area contributed by atoms with Crippen LogP contribution in [0.5, 0.6) is 0 Å². The number of hydrogen-bond donors (Lipinski definition) is 0. The number of anilines is 1. The number of piperidine rings is 2. The lowest BCUT2D eigenvalue weighted by atomic mass is 9.89. The third kappa shape index (κ3) is 4.02. The molecular formula is C28H31N5O. The molecular weight excluding hydrogens is 422 g/mol. The smallest absolute Gasteiger partial charge is 0.227 e. The summed E-state index contributed by atoms with van der Waals surface area (Å²) in [4.78, 5) is 27.3. The number of hydrogen-bond acceptors (Lipinski definition) is 4. The van der Waals surface area contributed by atoms with Crippen molar-refractivity contribution in [2.24, 2.45) is 11.8 Å². The zero-order valence-corrected chi connectivity index (χ0v) is 19.5. The fourth-order valence-electron chi connectivity index (χ4n) is 5.76. The van der Waals surface area contributed by atoms with E-state index < -0.39 is 0 Å². The SMILES string of the molecule is O=C([C@H]1CCCN(c2nc3ncccc3n3cccc23)C1)N1CCC(Cc2ccccc2)CC1. The lowest BCUT2D eigenvalue weighted by Gasteiger charge is -2.38. The van der Waals surface area contributed by atoms with Gasteiger partial charge in [-0.15, -0.1) is 0 Å². The van der Waals surface area contributed by atoms with Crippen molar-refractivity contribution in [2.75, 3.05) is 31.1 Å². The number of pyridine rings is 1. The van der Waals surface area contributed by atoms with Crippen LogP contribution in [-0.4, -0.2) is 51.4 Å². The van der Waals surface area contributed by atoms with Gasteiger partial charge in [0.15, 0.2) is 11.5 Å². The van der Waals surface area contributed by atoms with Crippen molar-refractivity contribution in [2.45, 2.75) is 32.1 Å². The highest BCUT2D eigenvalue weighted by atomic mass is 16.2. The summed E-state index contributed by atoms with van der Waals surface area (Å²) in [7, 11) is 0. The molecule has 0 unspecified atom stereocenters. The molecule has 1 aromatic carbocycles. The summed E-state index contributed by atoms with van der Waals surface area (Å²) in [6.45, 7) is 3.42. The predicted octanol–water partition coefficient (Wildman–Crippen LogP) is 4.58. The topological polar surface area (TPSA) is 53.7 Å². The molecule has 2 saturated heterocycles. The fourth-order valence-corrected chi connectivity index (χ4v) is 5.76. The first-order valence-corrected chi connectivity index (χ1v) is 12.6. The second-order valence-corrected chi connectivity index (χ2v) is 9.79. The summed E-state index contributed by atoms with van der Waals surface area (Å²) in [5, 5.41) is 0. The molecule has 2 aliphatic rings. The highest BCUT2D eigenvalue weighted by Gasteiger charge is 2.32. The molecule has 0 bridgehead atoms. The molecule has 1 amide bonds. The number of rotatable bonds is 4. The van der Waals surface area contributed by atoms with Crippen molar-refractivity contribution in [3.8, 4) is 0 Å². The van der Waals surface area contributed by atoms with E-state index in [2.05, 4.69) is 73.9 Å². The van der Waals surface area contributed by atoms with Crippen LogP contribution < -0.4 is 4.90 Å². The molecule has 3 aromatic heterocycles. The van der Waals surface area contributed by atoms with Crippen LogP contribution in [0.3, 0.4) is 0 Å². The first-order chi connectivity index (χ1) is 16.8. The van der Waals surface area contributed by atoms with Gasteiger partial charge in [-0.05, 0) is 67.9 Å². The minimum Gasteiger partial charge on any atom is -0.354 e. The summed E-state index contributed by atoms with van der Waals surface area (Å²) < 4.78 is 2.16.